The van der Waals surface area contributed by atoms with E-state index >= 15 is 0 Å². The number of rotatable bonds is 2. The minimum absolute atomic E-state index is 0.0972. The van der Waals surface area contributed by atoms with Crippen LogP contribution in [-0.4, -0.2) is 21.7 Å². The normalized spacial score (nSPS) is 12.8. The first-order valence-corrected chi connectivity index (χ1v) is 4.56. The van der Waals surface area contributed by atoms with Gasteiger partial charge in [0.25, 0.3) is 0 Å². The molecular weight excluding hydrogens is 166 g/mol. The van der Waals surface area contributed by atoms with E-state index < -0.39 is 5.54 Å². The maximum atomic E-state index is 11.0. The summed E-state index contributed by atoms with van der Waals surface area (Å²) in [6.07, 6.45) is 0.760. The van der Waals surface area contributed by atoms with Gasteiger partial charge in [0.1, 0.15) is 0 Å². The summed E-state index contributed by atoms with van der Waals surface area (Å²) in [5, 5.41) is 10.3. The second-order valence-corrected chi connectivity index (χ2v) is 5.38. The fourth-order valence-electron chi connectivity index (χ4n) is 1.80. The van der Waals surface area contributed by atoms with Gasteiger partial charge in [-0.3, -0.25) is 10.0 Å². The van der Waals surface area contributed by atoms with Crippen LogP contribution in [0.1, 0.15) is 48.0 Å². The topological polar surface area (TPSA) is 40.5 Å². The van der Waals surface area contributed by atoms with Crippen LogP contribution in [-0.2, 0) is 4.79 Å². The molecule has 1 amide bonds. The van der Waals surface area contributed by atoms with Crippen molar-refractivity contribution in [2.75, 3.05) is 0 Å². The Kier molecular flexibility index (Phi) is 3.50. The van der Waals surface area contributed by atoms with Gasteiger partial charge in [-0.05, 0) is 25.7 Å². The molecule has 0 fully saturated rings. The molecule has 0 aromatic heterocycles. The van der Waals surface area contributed by atoms with Gasteiger partial charge < -0.3 is 0 Å². The molecule has 3 heteroatoms. The average Bonchev–Trinajstić information content (AvgIpc) is 1.80. The monoisotopic (exact) mass is 187 g/mol. The fourth-order valence-corrected chi connectivity index (χ4v) is 1.80. The van der Waals surface area contributed by atoms with Crippen LogP contribution in [0, 0.1) is 5.41 Å². The van der Waals surface area contributed by atoms with Crippen LogP contribution in [0.25, 0.3) is 0 Å². The Morgan fingerprint density at radius 2 is 1.62 bits per heavy atom. The van der Waals surface area contributed by atoms with Gasteiger partial charge in [-0.15, -0.1) is 0 Å². The number of hydrogen-bond donors (Lipinski definition) is 1. The van der Waals surface area contributed by atoms with Gasteiger partial charge in [-0.1, -0.05) is 20.8 Å². The number of amides is 1. The molecule has 0 unspecified atom stereocenters. The lowest BCUT2D eigenvalue weighted by Crippen LogP contribution is -2.46. The third kappa shape index (κ3) is 4.27. The fraction of sp³-hybridized carbons (Fsp3) is 0.900. The summed E-state index contributed by atoms with van der Waals surface area (Å²) in [6, 6.07) is 0. The molecule has 0 rings (SSSR count). The van der Waals surface area contributed by atoms with Crippen molar-refractivity contribution in [1.82, 2.24) is 5.06 Å². The highest BCUT2D eigenvalue weighted by atomic mass is 16.5. The van der Waals surface area contributed by atoms with Gasteiger partial charge in [-0.2, -0.15) is 0 Å². The Bertz CT molecular complexity index is 192. The second kappa shape index (κ2) is 3.66. The van der Waals surface area contributed by atoms with Crippen LogP contribution in [0.2, 0.25) is 0 Å². The molecule has 0 aromatic carbocycles. The summed E-state index contributed by atoms with van der Waals surface area (Å²) in [7, 11) is 0. The Balaban J connectivity index is 4.48. The minimum Gasteiger partial charge on any atom is -0.285 e. The highest BCUT2D eigenvalue weighted by Crippen LogP contribution is 2.30. The van der Waals surface area contributed by atoms with E-state index in [4.69, 9.17) is 0 Å². The Labute approximate surface area is 80.7 Å². The average molecular weight is 187 g/mol. The third-order valence-electron chi connectivity index (χ3n) is 1.83. The van der Waals surface area contributed by atoms with E-state index in [1.54, 1.807) is 0 Å². The summed E-state index contributed by atoms with van der Waals surface area (Å²) in [4.78, 5) is 11.0. The lowest BCUT2D eigenvalue weighted by atomic mass is 9.81. The lowest BCUT2D eigenvalue weighted by Gasteiger charge is -2.37. The zero-order valence-electron chi connectivity index (χ0n) is 9.51. The van der Waals surface area contributed by atoms with Gasteiger partial charge in [0.2, 0.25) is 5.91 Å². The standard InChI is InChI=1S/C10H21NO2/c1-8(12)11(13)10(5,6)7-9(2,3)4/h13H,7H2,1-6H3. The molecule has 0 saturated carbocycles. The Hall–Kier alpha value is -0.570. The molecule has 0 spiro atoms. The Morgan fingerprint density at radius 3 is 1.85 bits per heavy atom. The maximum Gasteiger partial charge on any atom is 0.243 e. The molecule has 1 N–H and O–H groups in total. The molecule has 0 radical (unpaired) electrons. The smallest absolute Gasteiger partial charge is 0.243 e. The second-order valence-electron chi connectivity index (χ2n) is 5.38. The van der Waals surface area contributed by atoms with E-state index in [2.05, 4.69) is 20.8 Å². The third-order valence-corrected chi connectivity index (χ3v) is 1.83. The molecule has 0 aliphatic rings. The van der Waals surface area contributed by atoms with Crippen molar-refractivity contribution >= 4 is 5.91 Å². The lowest BCUT2D eigenvalue weighted by molar-refractivity contribution is -0.190. The van der Waals surface area contributed by atoms with Gasteiger partial charge in [0.05, 0.1) is 5.54 Å². The van der Waals surface area contributed by atoms with E-state index in [-0.39, 0.29) is 11.3 Å². The van der Waals surface area contributed by atoms with Crippen LogP contribution in [0.5, 0.6) is 0 Å². The molecular formula is C10H21NO2. The SMILES string of the molecule is CC(=O)N(O)C(C)(C)CC(C)(C)C. The van der Waals surface area contributed by atoms with Gasteiger partial charge in [0, 0.05) is 6.92 Å². The predicted octanol–water partition coefficient (Wildman–Crippen LogP) is 2.44. The van der Waals surface area contributed by atoms with Crippen LogP contribution in [0.3, 0.4) is 0 Å². The highest BCUT2D eigenvalue weighted by Gasteiger charge is 2.32. The van der Waals surface area contributed by atoms with Crippen molar-refractivity contribution in [2.24, 2.45) is 5.41 Å². The summed E-state index contributed by atoms with van der Waals surface area (Å²) in [5.74, 6) is -0.311. The molecule has 3 nitrogen and oxygen atoms in total. The first kappa shape index (κ1) is 12.4. The van der Waals surface area contributed by atoms with Gasteiger partial charge in [-0.25, -0.2) is 5.06 Å². The largest absolute Gasteiger partial charge is 0.285 e. The van der Waals surface area contributed by atoms with Crippen LogP contribution in [0.4, 0.5) is 0 Å². The molecule has 0 aliphatic carbocycles. The first-order chi connectivity index (χ1) is 5.56. The molecule has 13 heavy (non-hydrogen) atoms. The predicted molar refractivity (Wildman–Crippen MR) is 52.5 cm³/mol. The number of carbonyl (C=O) groups is 1. The van der Waals surface area contributed by atoms with Crippen molar-refractivity contribution in [1.29, 1.82) is 0 Å². The molecule has 0 heterocycles. The molecule has 0 aliphatic heterocycles. The number of carbonyl (C=O) groups excluding carboxylic acids is 1. The zero-order chi connectivity index (χ0) is 10.9. The van der Waals surface area contributed by atoms with Crippen LogP contribution >= 0.6 is 0 Å². The summed E-state index contributed by atoms with van der Waals surface area (Å²) in [5.41, 5.74) is -0.399. The minimum atomic E-state index is -0.496. The van der Waals surface area contributed by atoms with E-state index in [1.807, 2.05) is 13.8 Å². The van der Waals surface area contributed by atoms with Crippen molar-refractivity contribution < 1.29 is 10.0 Å². The maximum absolute atomic E-state index is 11.0. The summed E-state index contributed by atoms with van der Waals surface area (Å²) >= 11 is 0. The van der Waals surface area contributed by atoms with Crippen molar-refractivity contribution in [2.45, 2.75) is 53.5 Å². The Morgan fingerprint density at radius 1 is 1.23 bits per heavy atom. The summed E-state index contributed by atoms with van der Waals surface area (Å²) in [6.45, 7) is 11.3. The number of hydrogen-bond acceptors (Lipinski definition) is 2. The first-order valence-electron chi connectivity index (χ1n) is 4.56. The summed E-state index contributed by atoms with van der Waals surface area (Å²) < 4.78 is 0. The van der Waals surface area contributed by atoms with Crippen molar-refractivity contribution in [3.63, 3.8) is 0 Å². The molecule has 0 aromatic rings. The molecule has 0 saturated heterocycles. The van der Waals surface area contributed by atoms with Crippen molar-refractivity contribution in [3.05, 3.63) is 0 Å². The van der Waals surface area contributed by atoms with E-state index in [0.717, 1.165) is 11.5 Å². The van der Waals surface area contributed by atoms with Crippen LogP contribution in [0.15, 0.2) is 0 Å². The number of nitrogens with zero attached hydrogens (tertiary/aromatic N) is 1. The molecule has 0 atom stereocenters. The van der Waals surface area contributed by atoms with E-state index in [9.17, 15) is 10.0 Å². The number of hydroxylamine groups is 2. The molecule has 78 valence electrons. The molecule has 0 bridgehead atoms. The van der Waals surface area contributed by atoms with Gasteiger partial charge >= 0.3 is 0 Å². The van der Waals surface area contributed by atoms with E-state index in [0.29, 0.717) is 0 Å². The quantitative estimate of drug-likeness (QED) is 0.533. The van der Waals surface area contributed by atoms with Gasteiger partial charge in [0.15, 0.2) is 0 Å². The zero-order valence-corrected chi connectivity index (χ0v) is 9.51. The highest BCUT2D eigenvalue weighted by molar-refractivity contribution is 5.72. The van der Waals surface area contributed by atoms with Crippen molar-refractivity contribution in [3.8, 4) is 0 Å². The van der Waals surface area contributed by atoms with E-state index in [1.165, 1.54) is 6.92 Å². The van der Waals surface area contributed by atoms with Crippen LogP contribution < -0.4 is 0 Å².